The van der Waals surface area contributed by atoms with Gasteiger partial charge in [-0.2, -0.15) is 0 Å². The van der Waals surface area contributed by atoms with Crippen molar-refractivity contribution in [1.82, 2.24) is 10.6 Å². The van der Waals surface area contributed by atoms with Crippen LogP contribution in [-0.2, 0) is 27.4 Å². The molecule has 0 heterocycles. The van der Waals surface area contributed by atoms with Crippen LogP contribution in [0, 0.1) is 0 Å². The van der Waals surface area contributed by atoms with Crippen molar-refractivity contribution in [2.24, 2.45) is 5.73 Å². The number of carbonyl (C=O) groups excluding carboxylic acids is 3. The lowest BCUT2D eigenvalue weighted by Crippen LogP contribution is -2.46. The molecule has 0 bridgehead atoms. The van der Waals surface area contributed by atoms with Crippen LogP contribution >= 0.6 is 0 Å². The molecule has 2 atom stereocenters. The van der Waals surface area contributed by atoms with Crippen LogP contribution in [0.4, 0.5) is 0 Å². The quantitative estimate of drug-likeness (QED) is 0.374. The van der Waals surface area contributed by atoms with E-state index in [0.29, 0.717) is 12.4 Å². The van der Waals surface area contributed by atoms with Crippen molar-refractivity contribution < 1.29 is 19.1 Å². The lowest BCUT2D eigenvalue weighted by molar-refractivity contribution is -0.129. The molecule has 0 saturated heterocycles. The summed E-state index contributed by atoms with van der Waals surface area (Å²) in [6, 6.07) is 25.6. The van der Waals surface area contributed by atoms with Crippen LogP contribution in [0.3, 0.4) is 0 Å². The van der Waals surface area contributed by atoms with Gasteiger partial charge in [-0.3, -0.25) is 14.4 Å². The molecular formula is C28H31N3O4. The summed E-state index contributed by atoms with van der Waals surface area (Å²) in [5.74, 6) is -0.635. The van der Waals surface area contributed by atoms with Crippen LogP contribution in [0.2, 0.25) is 0 Å². The van der Waals surface area contributed by atoms with Crippen LogP contribution in [0.1, 0.15) is 42.5 Å². The molecule has 0 aliphatic heterocycles. The van der Waals surface area contributed by atoms with Gasteiger partial charge in [0.15, 0.2) is 0 Å². The second-order valence-electron chi connectivity index (χ2n) is 8.35. The monoisotopic (exact) mass is 473 g/mol. The van der Waals surface area contributed by atoms with E-state index in [1.807, 2.05) is 91.9 Å². The van der Waals surface area contributed by atoms with Crippen molar-refractivity contribution in [2.45, 2.75) is 44.9 Å². The van der Waals surface area contributed by atoms with Crippen molar-refractivity contribution in [3.8, 4) is 5.75 Å². The summed E-state index contributed by atoms with van der Waals surface area (Å²) in [6.45, 7) is 2.30. The Morgan fingerprint density at radius 1 is 0.800 bits per heavy atom. The standard InChI is InChI=1S/C28H31N3O4/c1-20(23-12-6-3-7-13-23)30-26(32)15-16-27(33)31-25(28(29)34)18-22-11-8-14-24(17-22)35-19-21-9-4-2-5-10-21/h2-14,17,20,25H,15-16,18-19H2,1H3,(H2,29,34)(H,30,32)(H,31,33)/t20-,25+/m1/s1. The summed E-state index contributed by atoms with van der Waals surface area (Å²) in [4.78, 5) is 36.6. The first kappa shape index (κ1) is 25.5. The SMILES string of the molecule is C[C@@H](NC(=O)CCC(=O)N[C@@H](Cc1cccc(OCc2ccccc2)c1)C(N)=O)c1ccccc1. The molecule has 0 aliphatic carbocycles. The molecule has 3 amide bonds. The third-order valence-electron chi connectivity index (χ3n) is 5.52. The molecule has 3 aromatic rings. The average molecular weight is 474 g/mol. The number of benzene rings is 3. The minimum Gasteiger partial charge on any atom is -0.489 e. The average Bonchev–Trinajstić information content (AvgIpc) is 2.87. The largest absolute Gasteiger partial charge is 0.489 e. The smallest absolute Gasteiger partial charge is 0.240 e. The van der Waals surface area contributed by atoms with Crippen LogP contribution < -0.4 is 21.1 Å². The third kappa shape index (κ3) is 8.62. The predicted molar refractivity (Wildman–Crippen MR) is 134 cm³/mol. The van der Waals surface area contributed by atoms with Gasteiger partial charge in [0.05, 0.1) is 6.04 Å². The van der Waals surface area contributed by atoms with Gasteiger partial charge in [-0.1, -0.05) is 72.8 Å². The van der Waals surface area contributed by atoms with Gasteiger partial charge >= 0.3 is 0 Å². The minimum absolute atomic E-state index is 0.0112. The van der Waals surface area contributed by atoms with E-state index < -0.39 is 17.9 Å². The molecule has 0 aliphatic rings. The Bertz CT molecular complexity index is 1120. The fourth-order valence-corrected chi connectivity index (χ4v) is 3.59. The molecule has 0 fully saturated rings. The number of nitrogens with one attached hydrogen (secondary N) is 2. The highest BCUT2D eigenvalue weighted by Gasteiger charge is 2.20. The molecule has 0 aromatic heterocycles. The first-order chi connectivity index (χ1) is 16.9. The Morgan fingerprint density at radius 2 is 1.40 bits per heavy atom. The zero-order valence-electron chi connectivity index (χ0n) is 19.8. The molecule has 0 radical (unpaired) electrons. The number of nitrogens with two attached hydrogens (primary N) is 1. The first-order valence-corrected chi connectivity index (χ1v) is 11.6. The molecule has 0 unspecified atom stereocenters. The Morgan fingerprint density at radius 3 is 2.06 bits per heavy atom. The van der Waals surface area contributed by atoms with Gasteiger partial charge in [-0.05, 0) is 35.7 Å². The van der Waals surface area contributed by atoms with E-state index in [1.54, 1.807) is 0 Å². The van der Waals surface area contributed by atoms with Crippen LogP contribution in [0.25, 0.3) is 0 Å². The van der Waals surface area contributed by atoms with Gasteiger partial charge in [0.1, 0.15) is 18.4 Å². The van der Waals surface area contributed by atoms with Gasteiger partial charge in [0.25, 0.3) is 0 Å². The predicted octanol–water partition coefficient (Wildman–Crippen LogP) is 3.44. The molecule has 7 nitrogen and oxygen atoms in total. The molecule has 35 heavy (non-hydrogen) atoms. The number of amides is 3. The van der Waals surface area contributed by atoms with Crippen molar-refractivity contribution in [1.29, 1.82) is 0 Å². The summed E-state index contributed by atoms with van der Waals surface area (Å²) in [6.07, 6.45) is 0.190. The molecule has 3 rings (SSSR count). The van der Waals surface area contributed by atoms with Crippen LogP contribution in [0.15, 0.2) is 84.9 Å². The number of carbonyl (C=O) groups is 3. The maximum atomic E-state index is 12.4. The van der Waals surface area contributed by atoms with E-state index in [4.69, 9.17) is 10.5 Å². The lowest BCUT2D eigenvalue weighted by Gasteiger charge is -2.17. The second kappa shape index (κ2) is 12.9. The van der Waals surface area contributed by atoms with Crippen molar-refractivity contribution in [3.63, 3.8) is 0 Å². The van der Waals surface area contributed by atoms with Gasteiger partial charge in [0.2, 0.25) is 17.7 Å². The highest BCUT2D eigenvalue weighted by Crippen LogP contribution is 2.17. The Balaban J connectivity index is 1.48. The van der Waals surface area contributed by atoms with Gasteiger partial charge in [-0.25, -0.2) is 0 Å². The summed E-state index contributed by atoms with van der Waals surface area (Å²) in [5.41, 5.74) is 8.35. The summed E-state index contributed by atoms with van der Waals surface area (Å²) >= 11 is 0. The number of hydrogen-bond acceptors (Lipinski definition) is 4. The second-order valence-corrected chi connectivity index (χ2v) is 8.35. The zero-order chi connectivity index (χ0) is 25.0. The Hall–Kier alpha value is -4.13. The number of rotatable bonds is 12. The minimum atomic E-state index is -0.891. The molecule has 3 aromatic carbocycles. The zero-order valence-corrected chi connectivity index (χ0v) is 19.8. The first-order valence-electron chi connectivity index (χ1n) is 11.6. The summed E-state index contributed by atoms with van der Waals surface area (Å²) in [7, 11) is 0. The molecule has 0 spiro atoms. The van der Waals surface area contributed by atoms with E-state index in [2.05, 4.69) is 10.6 Å². The van der Waals surface area contributed by atoms with E-state index in [-0.39, 0.29) is 31.2 Å². The highest BCUT2D eigenvalue weighted by atomic mass is 16.5. The topological polar surface area (TPSA) is 111 Å². The van der Waals surface area contributed by atoms with E-state index >= 15 is 0 Å². The highest BCUT2D eigenvalue weighted by molar-refractivity contribution is 5.88. The maximum Gasteiger partial charge on any atom is 0.240 e. The summed E-state index contributed by atoms with van der Waals surface area (Å²) in [5, 5.41) is 5.52. The normalized spacial score (nSPS) is 12.3. The van der Waals surface area contributed by atoms with Gasteiger partial charge in [-0.15, -0.1) is 0 Å². The van der Waals surface area contributed by atoms with Crippen molar-refractivity contribution >= 4 is 17.7 Å². The number of hydrogen-bond donors (Lipinski definition) is 3. The lowest BCUT2D eigenvalue weighted by atomic mass is 10.0. The molecule has 7 heteroatoms. The van der Waals surface area contributed by atoms with Crippen LogP contribution in [0.5, 0.6) is 5.75 Å². The fraction of sp³-hybridized carbons (Fsp3) is 0.250. The van der Waals surface area contributed by atoms with Gasteiger partial charge < -0.3 is 21.1 Å². The van der Waals surface area contributed by atoms with Crippen LogP contribution in [-0.4, -0.2) is 23.8 Å². The van der Waals surface area contributed by atoms with E-state index in [9.17, 15) is 14.4 Å². The van der Waals surface area contributed by atoms with E-state index in [0.717, 1.165) is 16.7 Å². The fourth-order valence-electron chi connectivity index (χ4n) is 3.59. The van der Waals surface area contributed by atoms with Crippen molar-refractivity contribution in [2.75, 3.05) is 0 Å². The van der Waals surface area contributed by atoms with Crippen molar-refractivity contribution in [3.05, 3.63) is 102 Å². The maximum absolute atomic E-state index is 12.4. The molecule has 182 valence electrons. The summed E-state index contributed by atoms with van der Waals surface area (Å²) < 4.78 is 5.84. The van der Waals surface area contributed by atoms with E-state index in [1.165, 1.54) is 0 Å². The Labute approximate surface area is 205 Å². The third-order valence-corrected chi connectivity index (χ3v) is 5.52. The van der Waals surface area contributed by atoms with Gasteiger partial charge in [0, 0.05) is 19.3 Å². The molecule has 0 saturated carbocycles. The Kier molecular flexibility index (Phi) is 9.42. The number of ether oxygens (including phenoxy) is 1. The molecular weight excluding hydrogens is 442 g/mol. The molecule has 4 N–H and O–H groups in total. The number of primary amides is 1.